The molecule has 0 amide bonds. The third-order valence-corrected chi connectivity index (χ3v) is 1.57. The van der Waals surface area contributed by atoms with Crippen LogP contribution in [0.5, 0.6) is 0 Å². The van der Waals surface area contributed by atoms with Gasteiger partial charge in [-0.05, 0) is 12.1 Å². The number of primary sulfonamides is 1. The SMILES string of the molecule is [2H]c1cc([2H])c([2H])c(S(N)(=O)=O)c1[2H]. The zero-order valence-electron chi connectivity index (χ0n) is 8.88. The Labute approximate surface area is 65.2 Å². The van der Waals surface area contributed by atoms with Crippen LogP contribution in [-0.2, 0) is 10.0 Å². The van der Waals surface area contributed by atoms with Gasteiger partial charge in [0.25, 0.3) is 0 Å². The molecule has 0 aliphatic carbocycles. The van der Waals surface area contributed by atoms with Crippen LogP contribution in [0.25, 0.3) is 0 Å². The molecule has 0 aliphatic rings. The molecule has 4 heteroatoms. The Hall–Kier alpha value is -0.870. The lowest BCUT2D eigenvalue weighted by Crippen LogP contribution is -2.11. The van der Waals surface area contributed by atoms with Crippen molar-refractivity contribution in [1.29, 1.82) is 0 Å². The number of rotatable bonds is 1. The summed E-state index contributed by atoms with van der Waals surface area (Å²) in [5.41, 5.74) is 0. The first-order valence-corrected chi connectivity index (χ1v) is 3.90. The lowest BCUT2D eigenvalue weighted by molar-refractivity contribution is 0.598. The fraction of sp³-hybridized carbons (Fsp3) is 0. The van der Waals surface area contributed by atoms with Gasteiger partial charge in [-0.3, -0.25) is 0 Å². The molecule has 1 aromatic carbocycles. The highest BCUT2D eigenvalue weighted by Gasteiger charge is 2.03. The van der Waals surface area contributed by atoms with E-state index in [9.17, 15) is 8.42 Å². The van der Waals surface area contributed by atoms with E-state index in [2.05, 4.69) is 0 Å². The van der Waals surface area contributed by atoms with E-state index >= 15 is 0 Å². The molecule has 54 valence electrons. The summed E-state index contributed by atoms with van der Waals surface area (Å²) in [6, 6.07) is -1.23. The van der Waals surface area contributed by atoms with Gasteiger partial charge in [-0.25, -0.2) is 13.6 Å². The number of hydrogen-bond donors (Lipinski definition) is 1. The highest BCUT2D eigenvalue weighted by atomic mass is 32.2. The molecule has 1 aromatic rings. The van der Waals surface area contributed by atoms with Crippen molar-refractivity contribution < 1.29 is 13.9 Å². The van der Waals surface area contributed by atoms with Crippen molar-refractivity contribution in [3.63, 3.8) is 0 Å². The third kappa shape index (κ3) is 1.55. The van der Waals surface area contributed by atoms with E-state index in [1.807, 2.05) is 0 Å². The molecule has 0 radical (unpaired) electrons. The van der Waals surface area contributed by atoms with Crippen LogP contribution in [0.15, 0.2) is 35.1 Å². The van der Waals surface area contributed by atoms with Gasteiger partial charge in [0, 0.05) is 0 Å². The van der Waals surface area contributed by atoms with Crippen LogP contribution in [0.4, 0.5) is 0 Å². The summed E-state index contributed by atoms with van der Waals surface area (Å²) in [6.45, 7) is 0. The predicted octanol–water partition coefficient (Wildman–Crippen LogP) is 0.334. The van der Waals surface area contributed by atoms with Crippen molar-refractivity contribution in [2.24, 2.45) is 5.14 Å². The van der Waals surface area contributed by atoms with Crippen molar-refractivity contribution >= 4 is 10.0 Å². The van der Waals surface area contributed by atoms with Crippen LogP contribution in [0.3, 0.4) is 0 Å². The van der Waals surface area contributed by atoms with Crippen molar-refractivity contribution in [3.05, 3.63) is 30.2 Å². The lowest BCUT2D eigenvalue weighted by atomic mass is 10.4. The molecule has 0 bridgehead atoms. The van der Waals surface area contributed by atoms with Gasteiger partial charge < -0.3 is 0 Å². The van der Waals surface area contributed by atoms with E-state index in [1.165, 1.54) is 0 Å². The van der Waals surface area contributed by atoms with E-state index in [0.29, 0.717) is 0 Å². The van der Waals surface area contributed by atoms with Crippen LogP contribution < -0.4 is 5.14 Å². The second kappa shape index (κ2) is 2.40. The van der Waals surface area contributed by atoms with Gasteiger partial charge in [0.2, 0.25) is 10.0 Å². The molecule has 0 saturated heterocycles. The molecule has 0 aromatic heterocycles. The lowest BCUT2D eigenvalue weighted by Gasteiger charge is -1.93. The van der Waals surface area contributed by atoms with Crippen molar-refractivity contribution in [2.45, 2.75) is 4.90 Å². The Kier molecular flexibility index (Phi) is 0.839. The normalized spacial score (nSPS) is 16.9. The zero-order chi connectivity index (χ0) is 11.1. The topological polar surface area (TPSA) is 60.2 Å². The first-order chi connectivity index (χ1) is 6.25. The van der Waals surface area contributed by atoms with Gasteiger partial charge in [-0.15, -0.1) is 0 Å². The Morgan fingerprint density at radius 3 is 2.30 bits per heavy atom. The maximum absolute atomic E-state index is 11.0. The molecule has 2 N–H and O–H groups in total. The minimum Gasteiger partial charge on any atom is -0.225 e. The standard InChI is InChI=1S/C6H7NO2S/c7-10(8,9)6-4-2-1-3-5-6/h1-5H,(H2,7,8,9)/i2D,3D,4D,5D. The monoisotopic (exact) mass is 161 g/mol. The quantitative estimate of drug-likeness (QED) is 0.645. The minimum absolute atomic E-state index is 0.435. The molecule has 1 rings (SSSR count). The molecule has 0 fully saturated rings. The fourth-order valence-electron chi connectivity index (χ4n) is 0.413. The van der Waals surface area contributed by atoms with E-state index in [-0.39, 0.29) is 0 Å². The minimum atomic E-state index is -4.22. The summed E-state index contributed by atoms with van der Waals surface area (Å²) < 4.78 is 50.7. The Balaban J connectivity index is 3.74. The number of nitrogens with two attached hydrogens (primary N) is 1. The van der Waals surface area contributed by atoms with E-state index in [0.717, 1.165) is 6.07 Å². The largest absolute Gasteiger partial charge is 0.238 e. The fourth-order valence-corrected chi connectivity index (χ4v) is 0.815. The van der Waals surface area contributed by atoms with E-state index in [1.54, 1.807) is 0 Å². The maximum atomic E-state index is 11.0. The van der Waals surface area contributed by atoms with Gasteiger partial charge in [-0.2, -0.15) is 0 Å². The number of hydrogen-bond acceptors (Lipinski definition) is 2. The van der Waals surface area contributed by atoms with Crippen molar-refractivity contribution in [2.75, 3.05) is 0 Å². The molecule has 0 heterocycles. The van der Waals surface area contributed by atoms with Gasteiger partial charge in [0.15, 0.2) is 0 Å². The molecule has 10 heavy (non-hydrogen) atoms. The molecule has 0 saturated carbocycles. The summed E-state index contributed by atoms with van der Waals surface area (Å²) in [7, 11) is -4.22. The maximum Gasteiger partial charge on any atom is 0.238 e. The first kappa shape index (κ1) is 3.50. The highest BCUT2D eigenvalue weighted by molar-refractivity contribution is 7.89. The summed E-state index contributed by atoms with van der Waals surface area (Å²) in [5, 5.41) is 4.76. The van der Waals surface area contributed by atoms with Crippen LogP contribution in [0.1, 0.15) is 5.48 Å². The van der Waals surface area contributed by atoms with Gasteiger partial charge in [-0.1, -0.05) is 18.2 Å². The van der Waals surface area contributed by atoms with Crippen LogP contribution >= 0.6 is 0 Å². The predicted molar refractivity (Wildman–Crippen MR) is 37.8 cm³/mol. The molecule has 3 nitrogen and oxygen atoms in total. The van der Waals surface area contributed by atoms with Crippen LogP contribution in [0.2, 0.25) is 0 Å². The van der Waals surface area contributed by atoms with Crippen molar-refractivity contribution in [3.8, 4) is 0 Å². The summed E-state index contributed by atoms with van der Waals surface area (Å²) >= 11 is 0. The van der Waals surface area contributed by atoms with Gasteiger partial charge in [0.05, 0.1) is 10.4 Å². The molecule has 0 aliphatic heterocycles. The molecule has 0 atom stereocenters. The second-order valence-corrected chi connectivity index (χ2v) is 3.06. The molecule has 0 unspecified atom stereocenters. The first-order valence-electron chi connectivity index (χ1n) is 4.35. The smallest absolute Gasteiger partial charge is 0.225 e. The van der Waals surface area contributed by atoms with Crippen LogP contribution in [0, 0.1) is 0 Å². The van der Waals surface area contributed by atoms with E-state index in [4.69, 9.17) is 10.6 Å². The Bertz CT molecular complexity index is 459. The van der Waals surface area contributed by atoms with Gasteiger partial charge in [0.1, 0.15) is 0 Å². The summed E-state index contributed by atoms with van der Waals surface area (Å²) in [5.74, 6) is 0. The Morgan fingerprint density at radius 2 is 1.90 bits per heavy atom. The average molecular weight is 161 g/mol. The van der Waals surface area contributed by atoms with Crippen molar-refractivity contribution in [1.82, 2.24) is 0 Å². The van der Waals surface area contributed by atoms with Crippen LogP contribution in [-0.4, -0.2) is 8.42 Å². The molecular weight excluding hydrogens is 150 g/mol. The third-order valence-electron chi connectivity index (χ3n) is 0.800. The summed E-state index contributed by atoms with van der Waals surface area (Å²) in [4.78, 5) is -0.769. The summed E-state index contributed by atoms with van der Waals surface area (Å²) in [6.07, 6.45) is 0. The Morgan fingerprint density at radius 1 is 1.40 bits per heavy atom. The van der Waals surface area contributed by atoms with E-state index < -0.39 is 39.1 Å². The second-order valence-electron chi connectivity index (χ2n) is 1.56. The number of sulfonamides is 1. The average Bonchev–Trinajstić information content (AvgIpc) is 1.98. The molecule has 0 spiro atoms. The van der Waals surface area contributed by atoms with Gasteiger partial charge >= 0.3 is 0 Å². The zero-order valence-corrected chi connectivity index (χ0v) is 5.70. The number of benzene rings is 1. The molecular formula is C6H7NO2S. The highest BCUT2D eigenvalue weighted by Crippen LogP contribution is 2.02.